The molecule has 4 nitrogen and oxygen atoms in total. The maximum absolute atomic E-state index is 13.3. The van der Waals surface area contributed by atoms with Crippen LogP contribution in [0.4, 0.5) is 4.39 Å². The van der Waals surface area contributed by atoms with Crippen molar-refractivity contribution in [2.45, 2.75) is 13.0 Å². The van der Waals surface area contributed by atoms with Crippen LogP contribution < -0.4 is 5.32 Å². The fourth-order valence-corrected chi connectivity index (χ4v) is 1.79. The Morgan fingerprint density at radius 3 is 2.84 bits per heavy atom. The second kappa shape index (κ2) is 6.15. The zero-order valence-electron chi connectivity index (χ0n) is 10.2. The minimum atomic E-state index is -1.01. The van der Waals surface area contributed by atoms with Gasteiger partial charge in [0.25, 0.3) is 0 Å². The summed E-state index contributed by atoms with van der Waals surface area (Å²) in [5.74, 6) is -0.866. The Hall–Kier alpha value is -2.14. The molecule has 2 N–H and O–H groups in total. The van der Waals surface area contributed by atoms with E-state index in [9.17, 15) is 9.18 Å². The molecule has 2 rings (SSSR count). The van der Waals surface area contributed by atoms with Gasteiger partial charge in [-0.15, -0.1) is 0 Å². The third-order valence-corrected chi connectivity index (χ3v) is 2.79. The van der Waals surface area contributed by atoms with Gasteiger partial charge in [-0.25, -0.2) is 9.18 Å². The molecule has 0 atom stereocenters. The molecular weight excluding hydrogens is 249 g/mol. The first kappa shape index (κ1) is 13.3. The zero-order chi connectivity index (χ0) is 13.7. The lowest BCUT2D eigenvalue weighted by molar-refractivity contribution is 0.0694. The average molecular weight is 263 g/mol. The molecule has 0 aliphatic heterocycles. The predicted octanol–water partition coefficient (Wildman–Crippen LogP) is 2.45. The number of hydrogen-bond donors (Lipinski definition) is 2. The molecule has 0 unspecified atom stereocenters. The van der Waals surface area contributed by atoms with E-state index in [1.165, 1.54) is 18.4 Å². The molecule has 0 fully saturated rings. The van der Waals surface area contributed by atoms with Crippen molar-refractivity contribution >= 4 is 5.97 Å². The van der Waals surface area contributed by atoms with Gasteiger partial charge < -0.3 is 14.8 Å². The fraction of sp³-hybridized carbons (Fsp3) is 0.214. The largest absolute Gasteiger partial charge is 0.478 e. The molecule has 100 valence electrons. The molecule has 19 heavy (non-hydrogen) atoms. The van der Waals surface area contributed by atoms with Crippen LogP contribution in [0.1, 0.15) is 21.7 Å². The Kier molecular flexibility index (Phi) is 4.30. The SMILES string of the molecule is O=C(O)c1ccoc1CNCCc1ccccc1F. The van der Waals surface area contributed by atoms with E-state index in [1.54, 1.807) is 18.2 Å². The predicted molar refractivity (Wildman–Crippen MR) is 67.5 cm³/mol. The lowest BCUT2D eigenvalue weighted by atomic mass is 10.1. The maximum atomic E-state index is 13.3. The van der Waals surface area contributed by atoms with E-state index in [0.29, 0.717) is 30.8 Å². The number of carbonyl (C=O) groups is 1. The molecule has 1 aromatic carbocycles. The van der Waals surface area contributed by atoms with Gasteiger partial charge in [-0.1, -0.05) is 18.2 Å². The number of furan rings is 1. The lowest BCUT2D eigenvalue weighted by Gasteiger charge is -2.05. The highest BCUT2D eigenvalue weighted by Gasteiger charge is 2.12. The van der Waals surface area contributed by atoms with Crippen molar-refractivity contribution in [3.63, 3.8) is 0 Å². The van der Waals surface area contributed by atoms with Crippen LogP contribution >= 0.6 is 0 Å². The van der Waals surface area contributed by atoms with Gasteiger partial charge in [0.2, 0.25) is 0 Å². The molecule has 2 aromatic rings. The molecule has 0 aliphatic rings. The third-order valence-electron chi connectivity index (χ3n) is 2.79. The standard InChI is InChI=1S/C14H14FNO3/c15-12-4-2-1-3-10(12)5-7-16-9-13-11(14(17)18)6-8-19-13/h1-4,6,8,16H,5,7,9H2,(H,17,18). The summed E-state index contributed by atoms with van der Waals surface area (Å²) in [7, 11) is 0. The van der Waals surface area contributed by atoms with Crippen LogP contribution in [-0.4, -0.2) is 17.6 Å². The van der Waals surface area contributed by atoms with Crippen molar-refractivity contribution in [1.82, 2.24) is 5.32 Å². The molecule has 0 saturated carbocycles. The summed E-state index contributed by atoms with van der Waals surface area (Å²) in [6.07, 6.45) is 1.88. The van der Waals surface area contributed by atoms with Gasteiger partial charge >= 0.3 is 5.97 Å². The smallest absolute Gasteiger partial charge is 0.339 e. The number of nitrogens with one attached hydrogen (secondary N) is 1. The van der Waals surface area contributed by atoms with Gasteiger partial charge in [0.05, 0.1) is 12.8 Å². The van der Waals surface area contributed by atoms with E-state index in [1.807, 2.05) is 0 Å². The van der Waals surface area contributed by atoms with E-state index in [0.717, 1.165) is 0 Å². The second-order valence-electron chi connectivity index (χ2n) is 4.08. The Labute approximate surface area is 109 Å². The first-order valence-electron chi connectivity index (χ1n) is 5.92. The summed E-state index contributed by atoms with van der Waals surface area (Å²) in [5, 5.41) is 11.9. The van der Waals surface area contributed by atoms with Crippen LogP contribution in [-0.2, 0) is 13.0 Å². The van der Waals surface area contributed by atoms with Crippen molar-refractivity contribution in [2.24, 2.45) is 0 Å². The molecule has 0 radical (unpaired) electrons. The normalized spacial score (nSPS) is 10.6. The number of rotatable bonds is 6. The first-order chi connectivity index (χ1) is 9.18. The van der Waals surface area contributed by atoms with Crippen LogP contribution in [0.15, 0.2) is 41.0 Å². The fourth-order valence-electron chi connectivity index (χ4n) is 1.79. The molecular formula is C14H14FNO3. The number of hydrogen-bond acceptors (Lipinski definition) is 3. The molecule has 5 heteroatoms. The van der Waals surface area contributed by atoms with Crippen molar-refractivity contribution < 1.29 is 18.7 Å². The summed E-state index contributed by atoms with van der Waals surface area (Å²) in [5.41, 5.74) is 0.784. The quantitative estimate of drug-likeness (QED) is 0.786. The maximum Gasteiger partial charge on any atom is 0.339 e. The van der Waals surface area contributed by atoms with Crippen LogP contribution in [0, 0.1) is 5.82 Å². The minimum Gasteiger partial charge on any atom is -0.478 e. The summed E-state index contributed by atoms with van der Waals surface area (Å²) in [6, 6.07) is 7.99. The van der Waals surface area contributed by atoms with Gasteiger partial charge in [0.15, 0.2) is 0 Å². The first-order valence-corrected chi connectivity index (χ1v) is 5.92. The average Bonchev–Trinajstić information content (AvgIpc) is 2.85. The highest BCUT2D eigenvalue weighted by Crippen LogP contribution is 2.10. The lowest BCUT2D eigenvalue weighted by Crippen LogP contribution is -2.18. The van der Waals surface area contributed by atoms with Crippen molar-refractivity contribution in [2.75, 3.05) is 6.54 Å². The molecule has 1 heterocycles. The van der Waals surface area contributed by atoms with Crippen molar-refractivity contribution in [3.8, 4) is 0 Å². The zero-order valence-corrected chi connectivity index (χ0v) is 10.2. The van der Waals surface area contributed by atoms with Crippen LogP contribution in [0.25, 0.3) is 0 Å². The van der Waals surface area contributed by atoms with E-state index in [2.05, 4.69) is 5.32 Å². The van der Waals surface area contributed by atoms with Gasteiger partial charge in [-0.3, -0.25) is 0 Å². The van der Waals surface area contributed by atoms with Crippen LogP contribution in [0.5, 0.6) is 0 Å². The molecule has 0 spiro atoms. The molecule has 0 bridgehead atoms. The number of halogens is 1. The van der Waals surface area contributed by atoms with Crippen molar-refractivity contribution in [3.05, 3.63) is 59.3 Å². The van der Waals surface area contributed by atoms with E-state index in [4.69, 9.17) is 9.52 Å². The molecule has 0 amide bonds. The summed E-state index contributed by atoms with van der Waals surface area (Å²) in [4.78, 5) is 10.8. The molecule has 0 aliphatic carbocycles. The number of carboxylic acids is 1. The third kappa shape index (κ3) is 3.42. The summed E-state index contributed by atoms with van der Waals surface area (Å²) < 4.78 is 18.4. The topological polar surface area (TPSA) is 62.5 Å². The highest BCUT2D eigenvalue weighted by molar-refractivity contribution is 5.88. The summed E-state index contributed by atoms with van der Waals surface area (Å²) >= 11 is 0. The van der Waals surface area contributed by atoms with E-state index < -0.39 is 5.97 Å². The minimum absolute atomic E-state index is 0.151. The Morgan fingerprint density at radius 2 is 2.11 bits per heavy atom. The highest BCUT2D eigenvalue weighted by atomic mass is 19.1. The Balaban J connectivity index is 1.83. The number of carboxylic acid groups (broad SMARTS) is 1. The van der Waals surface area contributed by atoms with Crippen LogP contribution in [0.3, 0.4) is 0 Å². The Morgan fingerprint density at radius 1 is 1.32 bits per heavy atom. The van der Waals surface area contributed by atoms with E-state index in [-0.39, 0.29) is 11.4 Å². The monoisotopic (exact) mass is 263 g/mol. The number of benzene rings is 1. The van der Waals surface area contributed by atoms with Crippen molar-refractivity contribution in [1.29, 1.82) is 0 Å². The van der Waals surface area contributed by atoms with Gasteiger partial charge in [-0.2, -0.15) is 0 Å². The van der Waals surface area contributed by atoms with Crippen LogP contribution in [0.2, 0.25) is 0 Å². The van der Waals surface area contributed by atoms with E-state index >= 15 is 0 Å². The molecule has 0 saturated heterocycles. The van der Waals surface area contributed by atoms with Gasteiger partial charge in [-0.05, 0) is 30.7 Å². The number of aromatic carboxylic acids is 1. The molecule has 1 aromatic heterocycles. The second-order valence-corrected chi connectivity index (χ2v) is 4.08. The Bertz CT molecular complexity index is 565. The van der Waals surface area contributed by atoms with Gasteiger partial charge in [0, 0.05) is 0 Å². The summed E-state index contributed by atoms with van der Waals surface area (Å²) in [6.45, 7) is 0.851. The van der Waals surface area contributed by atoms with Gasteiger partial charge in [0.1, 0.15) is 17.1 Å².